The molecular weight excluding hydrogens is 596 g/mol. The van der Waals surface area contributed by atoms with E-state index in [1.165, 1.54) is 13.0 Å². The topological polar surface area (TPSA) is 197 Å². The van der Waals surface area contributed by atoms with Gasteiger partial charge in [0.1, 0.15) is 36.3 Å². The Kier molecular flexibility index (Phi) is 8.87. The number of ketones is 1. The van der Waals surface area contributed by atoms with Gasteiger partial charge in [-0.1, -0.05) is 38.2 Å². The Morgan fingerprint density at radius 1 is 1.17 bits per heavy atom. The number of hydrogen-bond donors (Lipinski definition) is 8. The first-order valence-electron chi connectivity index (χ1n) is 16.1. The van der Waals surface area contributed by atoms with E-state index in [4.69, 9.17) is 9.47 Å². The standard InChI is InChI=1S/C35H50O11/c1-16(2)8-11-24(38)35(7,44)30-20(37)13-32(4)23-10-9-18-17(3)26(40)21(12-19(18)34(23,6)25(39)14-33(30,32)5)45-31-29(43)28(42)27(41)22(15-36)46-31/h8,11-12,20,22-24,27-31,36-38,40-44H,1,9-10,13-15H2,2-7H3/b11-8+/t20?,22?,23-,24?,27?,28?,29?,30?,31?,32-,33+,34+,35?/m0/s1. The summed E-state index contributed by atoms with van der Waals surface area (Å²) >= 11 is 0. The average Bonchev–Trinajstić information content (AvgIpc) is 3.19. The predicted molar refractivity (Wildman–Crippen MR) is 167 cm³/mol. The Balaban J connectivity index is 1.55. The second-order valence-electron chi connectivity index (χ2n) is 15.0. The van der Waals surface area contributed by atoms with Crippen LogP contribution in [0, 0.1) is 29.6 Å². The van der Waals surface area contributed by atoms with E-state index in [2.05, 4.69) is 13.5 Å². The number of Topliss-reactive ketones (excluding diaryl/α,β-unsaturated/α-hetero) is 1. The molecule has 0 spiro atoms. The molecule has 4 aliphatic rings. The number of aromatic hydroxyl groups is 1. The van der Waals surface area contributed by atoms with E-state index in [1.54, 1.807) is 26.0 Å². The summed E-state index contributed by atoms with van der Waals surface area (Å²) < 4.78 is 11.4. The summed E-state index contributed by atoms with van der Waals surface area (Å²) in [7, 11) is 0. The number of rotatable bonds is 7. The van der Waals surface area contributed by atoms with Gasteiger partial charge in [-0.05, 0) is 86.5 Å². The molecule has 0 radical (unpaired) electrons. The monoisotopic (exact) mass is 646 g/mol. The smallest absolute Gasteiger partial charge is 0.229 e. The van der Waals surface area contributed by atoms with Gasteiger partial charge in [0, 0.05) is 12.3 Å². The molecule has 0 amide bonds. The predicted octanol–water partition coefficient (Wildman–Crippen LogP) is 1.31. The van der Waals surface area contributed by atoms with Gasteiger partial charge in [-0.2, -0.15) is 0 Å². The van der Waals surface area contributed by atoms with E-state index in [-0.39, 0.29) is 29.6 Å². The van der Waals surface area contributed by atoms with Crippen LogP contribution in [0.25, 0.3) is 0 Å². The fourth-order valence-corrected chi connectivity index (χ4v) is 9.65. The summed E-state index contributed by atoms with van der Waals surface area (Å²) in [6.07, 6.45) is -5.51. The SMILES string of the molecule is C=C(C)/C=C/C(O)C(C)(O)C1C(O)C[C@@]2(C)[C@@H]3CCc4c(cc(OC5OC(CO)C(O)C(O)C5O)c(O)c4C)[C@@]3(C)C(=O)C[C@]12C. The lowest BCUT2D eigenvalue weighted by Gasteiger charge is -2.62. The first-order chi connectivity index (χ1) is 21.3. The molecule has 3 aliphatic carbocycles. The lowest BCUT2D eigenvalue weighted by molar-refractivity contribution is -0.277. The van der Waals surface area contributed by atoms with Crippen LogP contribution < -0.4 is 4.74 Å². The summed E-state index contributed by atoms with van der Waals surface area (Å²) in [5.41, 5.74) is -1.75. The number of phenolic OH excluding ortho intramolecular Hbond substituents is 1. The minimum atomic E-state index is -1.76. The van der Waals surface area contributed by atoms with Crippen LogP contribution in [0.4, 0.5) is 0 Å². The third-order valence-electron chi connectivity index (χ3n) is 12.3. The molecule has 1 heterocycles. The number of aliphatic hydroxyl groups excluding tert-OH is 6. The van der Waals surface area contributed by atoms with Crippen molar-refractivity contribution in [3.63, 3.8) is 0 Å². The zero-order valence-corrected chi connectivity index (χ0v) is 27.5. The van der Waals surface area contributed by atoms with E-state index >= 15 is 0 Å². The molecule has 1 aromatic carbocycles. The maximum atomic E-state index is 14.6. The van der Waals surface area contributed by atoms with Gasteiger partial charge in [0.25, 0.3) is 0 Å². The molecule has 9 unspecified atom stereocenters. The number of hydrogen-bond acceptors (Lipinski definition) is 11. The summed E-state index contributed by atoms with van der Waals surface area (Å²) in [5.74, 6) is -1.53. The third-order valence-corrected chi connectivity index (χ3v) is 12.3. The number of ether oxygens (including phenoxy) is 2. The zero-order chi connectivity index (χ0) is 34.3. The van der Waals surface area contributed by atoms with Crippen LogP contribution >= 0.6 is 0 Å². The van der Waals surface area contributed by atoms with Crippen molar-refractivity contribution in [1.82, 2.24) is 0 Å². The molecule has 256 valence electrons. The van der Waals surface area contributed by atoms with Crippen molar-refractivity contribution in [3.05, 3.63) is 47.1 Å². The maximum Gasteiger partial charge on any atom is 0.229 e. The fourth-order valence-electron chi connectivity index (χ4n) is 9.65. The normalized spacial score (nSPS) is 42.6. The molecule has 46 heavy (non-hydrogen) atoms. The van der Waals surface area contributed by atoms with Crippen molar-refractivity contribution in [2.45, 2.75) is 121 Å². The van der Waals surface area contributed by atoms with Gasteiger partial charge in [-0.15, -0.1) is 0 Å². The van der Waals surface area contributed by atoms with Gasteiger partial charge in [0.2, 0.25) is 6.29 Å². The van der Waals surface area contributed by atoms with E-state index in [1.807, 2.05) is 13.8 Å². The minimum absolute atomic E-state index is 0.0214. The summed E-state index contributed by atoms with van der Waals surface area (Å²) in [6.45, 7) is 14.0. The highest BCUT2D eigenvalue weighted by atomic mass is 16.7. The molecule has 5 rings (SSSR count). The molecule has 1 saturated heterocycles. The highest BCUT2D eigenvalue weighted by molar-refractivity contribution is 5.93. The summed E-state index contributed by atoms with van der Waals surface area (Å²) in [4.78, 5) is 14.6. The van der Waals surface area contributed by atoms with Crippen LogP contribution in [0.2, 0.25) is 0 Å². The Bertz CT molecular complexity index is 1420. The van der Waals surface area contributed by atoms with Gasteiger partial charge >= 0.3 is 0 Å². The Labute approximate surface area is 269 Å². The molecule has 1 aliphatic heterocycles. The van der Waals surface area contributed by atoms with E-state index in [9.17, 15) is 45.6 Å². The minimum Gasteiger partial charge on any atom is -0.504 e. The van der Waals surface area contributed by atoms with Crippen molar-refractivity contribution in [2.75, 3.05) is 6.61 Å². The van der Waals surface area contributed by atoms with Crippen LogP contribution in [0.15, 0.2) is 30.4 Å². The molecule has 8 N–H and O–H groups in total. The first-order valence-corrected chi connectivity index (χ1v) is 16.1. The number of fused-ring (bicyclic) bond motifs is 5. The van der Waals surface area contributed by atoms with Crippen molar-refractivity contribution < 1.29 is 55.1 Å². The number of phenols is 1. The van der Waals surface area contributed by atoms with E-state index in [0.717, 1.165) is 5.56 Å². The van der Waals surface area contributed by atoms with Crippen molar-refractivity contribution in [1.29, 1.82) is 0 Å². The quantitative estimate of drug-likeness (QED) is 0.199. The highest BCUT2D eigenvalue weighted by Gasteiger charge is 2.73. The van der Waals surface area contributed by atoms with Crippen molar-refractivity contribution >= 4 is 5.78 Å². The second kappa shape index (κ2) is 11.7. The van der Waals surface area contributed by atoms with Crippen LogP contribution in [0.5, 0.6) is 11.5 Å². The number of carbonyl (C=O) groups excluding carboxylic acids is 1. The Morgan fingerprint density at radius 2 is 1.83 bits per heavy atom. The van der Waals surface area contributed by atoms with Gasteiger partial charge in [-0.25, -0.2) is 0 Å². The number of carbonyl (C=O) groups is 1. The van der Waals surface area contributed by atoms with E-state index in [0.29, 0.717) is 36.0 Å². The first kappa shape index (κ1) is 35.0. The maximum absolute atomic E-state index is 14.6. The highest BCUT2D eigenvalue weighted by Crippen LogP contribution is 2.72. The Morgan fingerprint density at radius 3 is 2.43 bits per heavy atom. The molecule has 0 aromatic heterocycles. The van der Waals surface area contributed by atoms with E-state index < -0.39 is 77.3 Å². The molecule has 11 heteroatoms. The van der Waals surface area contributed by atoms with Gasteiger partial charge in [0.05, 0.1) is 23.7 Å². The average molecular weight is 647 g/mol. The lowest BCUT2D eigenvalue weighted by atomic mass is 9.41. The van der Waals surface area contributed by atoms with Gasteiger partial charge < -0.3 is 50.3 Å². The zero-order valence-electron chi connectivity index (χ0n) is 27.5. The largest absolute Gasteiger partial charge is 0.504 e. The van der Waals surface area contributed by atoms with Crippen LogP contribution in [0.3, 0.4) is 0 Å². The fraction of sp³-hybridized carbons (Fsp3) is 0.686. The van der Waals surface area contributed by atoms with Crippen LogP contribution in [-0.4, -0.2) is 102 Å². The van der Waals surface area contributed by atoms with Crippen LogP contribution in [0.1, 0.15) is 70.6 Å². The second-order valence-corrected chi connectivity index (χ2v) is 15.0. The Hall–Kier alpha value is -2.35. The summed E-state index contributed by atoms with van der Waals surface area (Å²) in [5, 5.41) is 86.4. The van der Waals surface area contributed by atoms with Gasteiger partial charge in [-0.3, -0.25) is 4.79 Å². The molecule has 3 fully saturated rings. The molecule has 1 aromatic rings. The van der Waals surface area contributed by atoms with Crippen molar-refractivity contribution in [3.8, 4) is 11.5 Å². The molecular formula is C35H50O11. The summed E-state index contributed by atoms with van der Waals surface area (Å²) in [6, 6.07) is 1.57. The van der Waals surface area contributed by atoms with Gasteiger partial charge in [0.15, 0.2) is 11.5 Å². The number of aliphatic hydroxyl groups is 7. The third kappa shape index (κ3) is 4.89. The van der Waals surface area contributed by atoms with Crippen molar-refractivity contribution in [2.24, 2.45) is 22.7 Å². The molecule has 0 bridgehead atoms. The lowest BCUT2D eigenvalue weighted by Crippen LogP contribution is -2.64. The van der Waals surface area contributed by atoms with Crippen LogP contribution in [-0.2, 0) is 21.4 Å². The molecule has 2 saturated carbocycles. The number of allylic oxidation sites excluding steroid dienone is 2. The molecule has 11 nitrogen and oxygen atoms in total. The molecule has 13 atom stereocenters. The number of benzene rings is 1.